The second kappa shape index (κ2) is 7.11. The molecule has 4 aromatic rings. The van der Waals surface area contributed by atoms with Crippen LogP contribution in [-0.4, -0.2) is 30.6 Å². The number of benzene rings is 2. The fourth-order valence-corrected chi connectivity index (χ4v) is 2.62. The molecule has 0 spiro atoms. The number of nitro benzene ring substituents is 1. The van der Waals surface area contributed by atoms with E-state index in [1.54, 1.807) is 30.5 Å². The number of nitro groups is 1. The lowest BCUT2D eigenvalue weighted by atomic mass is 10.1. The number of nitrogens with zero attached hydrogens (tertiary/aromatic N) is 5. The first-order chi connectivity index (χ1) is 13.6. The van der Waals surface area contributed by atoms with Crippen molar-refractivity contribution in [2.45, 2.75) is 0 Å². The lowest BCUT2D eigenvalue weighted by Crippen LogP contribution is -2.13. The summed E-state index contributed by atoms with van der Waals surface area (Å²) in [6.07, 6.45) is 5.54. The summed E-state index contributed by atoms with van der Waals surface area (Å²) in [5, 5.41) is 18.0. The molecule has 0 aliphatic heterocycles. The Kier molecular flexibility index (Phi) is 4.34. The van der Waals surface area contributed by atoms with Crippen LogP contribution < -0.4 is 5.32 Å². The molecule has 10 nitrogen and oxygen atoms in total. The van der Waals surface area contributed by atoms with Crippen LogP contribution in [0.25, 0.3) is 17.0 Å². The van der Waals surface area contributed by atoms with Crippen molar-refractivity contribution in [1.29, 1.82) is 0 Å². The molecule has 2 heterocycles. The Balaban J connectivity index is 1.56. The Morgan fingerprint density at radius 2 is 1.96 bits per heavy atom. The van der Waals surface area contributed by atoms with Crippen LogP contribution in [0.2, 0.25) is 0 Å². The van der Waals surface area contributed by atoms with Gasteiger partial charge in [-0.15, -0.1) is 0 Å². The number of carbonyl (C=O) groups excluding carboxylic acids is 1. The molecule has 0 bridgehead atoms. The first-order valence-corrected chi connectivity index (χ1v) is 8.05. The van der Waals surface area contributed by atoms with Crippen molar-refractivity contribution in [3.05, 3.63) is 83.4 Å². The average Bonchev–Trinajstić information content (AvgIpc) is 3.42. The zero-order chi connectivity index (χ0) is 19.5. The summed E-state index contributed by atoms with van der Waals surface area (Å²) in [5.41, 5.74) is 1.46. The van der Waals surface area contributed by atoms with E-state index in [0.717, 1.165) is 5.56 Å². The summed E-state index contributed by atoms with van der Waals surface area (Å²) in [7, 11) is 0. The molecular formula is C18H12N6O4. The fourth-order valence-electron chi connectivity index (χ4n) is 2.62. The number of anilines is 1. The van der Waals surface area contributed by atoms with Crippen LogP contribution in [0.3, 0.4) is 0 Å². The summed E-state index contributed by atoms with van der Waals surface area (Å²) in [5.74, 6) is 0.137. The summed E-state index contributed by atoms with van der Waals surface area (Å²) >= 11 is 0. The Bertz CT molecular complexity index is 1120. The highest BCUT2D eigenvalue weighted by Crippen LogP contribution is 2.25. The highest BCUT2D eigenvalue weighted by atomic mass is 16.6. The lowest BCUT2D eigenvalue weighted by Gasteiger charge is -2.08. The standard InChI is InChI=1S/C18H12N6O4/c25-18(22-14-4-1-12(2-5-14)17-8-19-11-28-17)13-3-6-15(16(7-13)24(26)27)23-10-20-9-21-23/h1-11H,(H,22,25). The maximum absolute atomic E-state index is 12.5. The summed E-state index contributed by atoms with van der Waals surface area (Å²) in [4.78, 5) is 31.0. The van der Waals surface area contributed by atoms with Gasteiger partial charge in [-0.3, -0.25) is 14.9 Å². The van der Waals surface area contributed by atoms with Crippen LogP contribution in [0, 0.1) is 10.1 Å². The van der Waals surface area contributed by atoms with E-state index in [0.29, 0.717) is 11.4 Å². The van der Waals surface area contributed by atoms with Gasteiger partial charge in [-0.2, -0.15) is 5.10 Å². The Morgan fingerprint density at radius 3 is 2.61 bits per heavy atom. The van der Waals surface area contributed by atoms with Crippen LogP contribution in [0.1, 0.15) is 10.4 Å². The van der Waals surface area contributed by atoms with Crippen molar-refractivity contribution in [2.24, 2.45) is 0 Å². The Hall–Kier alpha value is -4.34. The SMILES string of the molecule is O=C(Nc1ccc(-c2cnco2)cc1)c1ccc(-n2cncn2)c([N+](=O)[O-])c1. The lowest BCUT2D eigenvalue weighted by molar-refractivity contribution is -0.384. The first kappa shape index (κ1) is 17.1. The van der Waals surface area contributed by atoms with Gasteiger partial charge in [0, 0.05) is 22.9 Å². The van der Waals surface area contributed by atoms with E-state index in [1.165, 1.54) is 41.9 Å². The second-order valence-corrected chi connectivity index (χ2v) is 5.70. The highest BCUT2D eigenvalue weighted by Gasteiger charge is 2.19. The molecule has 10 heteroatoms. The first-order valence-electron chi connectivity index (χ1n) is 8.05. The Morgan fingerprint density at radius 1 is 1.14 bits per heavy atom. The van der Waals surface area contributed by atoms with Gasteiger partial charge in [0.25, 0.3) is 11.6 Å². The molecule has 1 N–H and O–H groups in total. The average molecular weight is 376 g/mol. The molecule has 0 saturated carbocycles. The highest BCUT2D eigenvalue weighted by molar-refractivity contribution is 6.05. The number of hydrogen-bond acceptors (Lipinski definition) is 7. The fraction of sp³-hybridized carbons (Fsp3) is 0. The molecule has 1 amide bonds. The number of nitrogens with one attached hydrogen (secondary N) is 1. The van der Waals surface area contributed by atoms with E-state index < -0.39 is 10.8 Å². The van der Waals surface area contributed by atoms with Crippen LogP contribution >= 0.6 is 0 Å². The molecule has 28 heavy (non-hydrogen) atoms. The molecule has 4 rings (SSSR count). The molecule has 0 radical (unpaired) electrons. The van der Waals surface area contributed by atoms with Gasteiger partial charge < -0.3 is 9.73 Å². The van der Waals surface area contributed by atoms with E-state index in [-0.39, 0.29) is 16.9 Å². The van der Waals surface area contributed by atoms with Gasteiger partial charge in [-0.05, 0) is 36.4 Å². The van der Waals surface area contributed by atoms with Crippen molar-refractivity contribution >= 4 is 17.3 Å². The third-order valence-corrected chi connectivity index (χ3v) is 3.96. The quantitative estimate of drug-likeness (QED) is 0.418. The van der Waals surface area contributed by atoms with Crippen molar-refractivity contribution in [1.82, 2.24) is 19.7 Å². The number of oxazole rings is 1. The van der Waals surface area contributed by atoms with E-state index in [4.69, 9.17) is 4.42 Å². The maximum atomic E-state index is 12.5. The molecular weight excluding hydrogens is 364 g/mol. The number of hydrogen-bond donors (Lipinski definition) is 1. The predicted octanol–water partition coefficient (Wildman–Crippen LogP) is 3.08. The number of carbonyl (C=O) groups is 1. The molecule has 138 valence electrons. The second-order valence-electron chi connectivity index (χ2n) is 5.70. The number of aromatic nitrogens is 4. The van der Waals surface area contributed by atoms with Crippen molar-refractivity contribution in [3.8, 4) is 17.0 Å². The monoisotopic (exact) mass is 376 g/mol. The smallest absolute Gasteiger partial charge is 0.295 e. The van der Waals surface area contributed by atoms with E-state index in [2.05, 4.69) is 20.4 Å². The molecule has 0 aliphatic rings. The van der Waals surface area contributed by atoms with E-state index in [9.17, 15) is 14.9 Å². The van der Waals surface area contributed by atoms with Gasteiger partial charge in [0.15, 0.2) is 12.2 Å². The zero-order valence-electron chi connectivity index (χ0n) is 14.2. The van der Waals surface area contributed by atoms with Crippen LogP contribution in [0.5, 0.6) is 0 Å². The summed E-state index contributed by atoms with van der Waals surface area (Å²) in [6, 6.07) is 11.1. The molecule has 0 saturated heterocycles. The van der Waals surface area contributed by atoms with Crippen LogP contribution in [-0.2, 0) is 0 Å². The van der Waals surface area contributed by atoms with Gasteiger partial charge in [0.05, 0.1) is 11.1 Å². The minimum atomic E-state index is -0.569. The van der Waals surface area contributed by atoms with Crippen molar-refractivity contribution in [3.63, 3.8) is 0 Å². The predicted molar refractivity (Wildman–Crippen MR) is 97.9 cm³/mol. The van der Waals surface area contributed by atoms with Gasteiger partial charge in [-0.1, -0.05) is 0 Å². The van der Waals surface area contributed by atoms with Gasteiger partial charge >= 0.3 is 0 Å². The minimum Gasteiger partial charge on any atom is -0.444 e. The van der Waals surface area contributed by atoms with Crippen LogP contribution in [0.4, 0.5) is 11.4 Å². The zero-order valence-corrected chi connectivity index (χ0v) is 14.2. The molecule has 2 aromatic heterocycles. The number of amides is 1. The third-order valence-electron chi connectivity index (χ3n) is 3.96. The van der Waals surface area contributed by atoms with Crippen molar-refractivity contribution < 1.29 is 14.1 Å². The van der Waals surface area contributed by atoms with Gasteiger partial charge in [0.1, 0.15) is 18.3 Å². The summed E-state index contributed by atoms with van der Waals surface area (Å²) in [6.45, 7) is 0. The van der Waals surface area contributed by atoms with Gasteiger partial charge in [0.2, 0.25) is 0 Å². The maximum Gasteiger partial charge on any atom is 0.295 e. The largest absolute Gasteiger partial charge is 0.444 e. The normalized spacial score (nSPS) is 10.6. The van der Waals surface area contributed by atoms with Gasteiger partial charge in [-0.25, -0.2) is 14.6 Å². The topological polar surface area (TPSA) is 129 Å². The molecule has 2 aromatic carbocycles. The molecule has 0 aliphatic carbocycles. The molecule has 0 unspecified atom stereocenters. The van der Waals surface area contributed by atoms with Crippen molar-refractivity contribution in [2.75, 3.05) is 5.32 Å². The summed E-state index contributed by atoms with van der Waals surface area (Å²) < 4.78 is 6.48. The minimum absolute atomic E-state index is 0.148. The molecule has 0 atom stereocenters. The number of rotatable bonds is 5. The third kappa shape index (κ3) is 3.33. The molecule has 0 fully saturated rings. The van der Waals surface area contributed by atoms with E-state index in [1.807, 2.05) is 0 Å². The Labute approximate surface area is 157 Å². The van der Waals surface area contributed by atoms with Crippen LogP contribution in [0.15, 0.2) is 72.1 Å². The van der Waals surface area contributed by atoms with E-state index >= 15 is 0 Å².